The summed E-state index contributed by atoms with van der Waals surface area (Å²) in [5.41, 5.74) is 0. The monoisotopic (exact) mass is 418 g/mol. The van der Waals surface area contributed by atoms with Crippen LogP contribution in [0.2, 0.25) is 0 Å². The van der Waals surface area contributed by atoms with Crippen molar-refractivity contribution in [1.29, 1.82) is 0 Å². The number of benzene rings is 1. The highest BCUT2D eigenvalue weighted by Crippen LogP contribution is 2.88. The van der Waals surface area contributed by atoms with Crippen LogP contribution in [-0.2, 0) is 24.1 Å². The van der Waals surface area contributed by atoms with Crippen LogP contribution in [0.15, 0.2) is 24.3 Å². The minimum atomic E-state index is -1.94. The normalized spacial score (nSPS) is 14.3. The van der Waals surface area contributed by atoms with Crippen molar-refractivity contribution in [2.24, 2.45) is 0 Å². The topological polar surface area (TPSA) is 9.23 Å². The van der Waals surface area contributed by atoms with Crippen LogP contribution < -0.4 is 10.0 Å². The third-order valence-electron chi connectivity index (χ3n) is 4.82. The molecule has 1 atom stereocenters. The van der Waals surface area contributed by atoms with Crippen LogP contribution in [0.4, 0.5) is 0 Å². The van der Waals surface area contributed by atoms with Crippen LogP contribution in [0, 0.1) is 0 Å². The molecule has 0 spiro atoms. The van der Waals surface area contributed by atoms with E-state index in [9.17, 15) is 0 Å². The molecule has 144 valence electrons. The first-order valence-corrected chi connectivity index (χ1v) is 16.7. The number of hydrogen-bond donors (Lipinski definition) is 0. The van der Waals surface area contributed by atoms with Gasteiger partial charge in [-0.1, -0.05) is 51.8 Å². The Morgan fingerprint density at radius 3 is 1.68 bits per heavy atom. The second-order valence-electron chi connectivity index (χ2n) is 6.77. The van der Waals surface area contributed by atoms with Gasteiger partial charge in [-0.25, -0.2) is 0 Å². The van der Waals surface area contributed by atoms with Gasteiger partial charge in [0.2, 0.25) is 0 Å². The largest absolute Gasteiger partial charge is 0.702 e. The lowest BCUT2D eigenvalue weighted by Crippen LogP contribution is -2.15. The van der Waals surface area contributed by atoms with Crippen molar-refractivity contribution >= 4 is 41.2 Å². The first kappa shape index (κ1) is 23.5. The van der Waals surface area contributed by atoms with Gasteiger partial charge in [-0.3, -0.25) is 0 Å². The molecular weight excluding hydrogens is 382 g/mol. The molecular formula is C20H36OP2S2. The summed E-state index contributed by atoms with van der Waals surface area (Å²) < 4.78 is 5.61. The second kappa shape index (κ2) is 12.0. The number of unbranched alkanes of at least 4 members (excludes halogenated alkanes) is 3. The molecule has 1 nitrogen and oxygen atoms in total. The van der Waals surface area contributed by atoms with Gasteiger partial charge in [0.15, 0.2) is 0 Å². The molecule has 0 bridgehead atoms. The zero-order valence-corrected chi connectivity index (χ0v) is 19.9. The lowest BCUT2D eigenvalue weighted by molar-refractivity contribution is 0.340. The Bertz CT molecular complexity index is 509. The molecule has 0 aliphatic rings. The first-order chi connectivity index (χ1) is 12.0. The second-order valence-corrected chi connectivity index (χ2v) is 21.8. The molecule has 1 unspecified atom stereocenters. The molecule has 0 fully saturated rings. The molecule has 0 amide bonds. The predicted molar refractivity (Wildman–Crippen MR) is 125 cm³/mol. The quantitative estimate of drug-likeness (QED) is 0.252. The van der Waals surface area contributed by atoms with Crippen LogP contribution in [0.25, 0.3) is 0 Å². The smallest absolute Gasteiger partial charge is 0.119 e. The van der Waals surface area contributed by atoms with Crippen molar-refractivity contribution in [1.82, 2.24) is 0 Å². The zero-order chi connectivity index (χ0) is 18.8. The van der Waals surface area contributed by atoms with E-state index in [0.717, 1.165) is 5.75 Å². The first-order valence-electron chi connectivity index (χ1n) is 9.88. The minimum absolute atomic E-state index is 0.696. The summed E-state index contributed by atoms with van der Waals surface area (Å²) in [6.45, 7) is 8.28. The van der Waals surface area contributed by atoms with E-state index >= 15 is 0 Å². The number of hydrogen-bond acceptors (Lipinski definition) is 3. The molecule has 0 radical (unpaired) electrons. The van der Waals surface area contributed by atoms with Gasteiger partial charge < -0.3 is 17.0 Å². The maximum atomic E-state index is 6.33. The summed E-state index contributed by atoms with van der Waals surface area (Å²) in [5, 5.41) is 1.26. The van der Waals surface area contributed by atoms with Gasteiger partial charge in [0.25, 0.3) is 0 Å². The maximum Gasteiger partial charge on any atom is 0.119 e. The molecule has 0 heterocycles. The Morgan fingerprint density at radius 1 is 0.880 bits per heavy atom. The zero-order valence-electron chi connectivity index (χ0n) is 16.5. The van der Waals surface area contributed by atoms with Gasteiger partial charge in [-0.05, 0) is 60.7 Å². The Kier molecular flexibility index (Phi) is 11.3. The van der Waals surface area contributed by atoms with Crippen LogP contribution >= 0.6 is 11.9 Å². The predicted octanol–water partition coefficient (Wildman–Crippen LogP) is 6.98. The van der Waals surface area contributed by atoms with E-state index in [1.54, 1.807) is 0 Å². The van der Waals surface area contributed by atoms with Crippen LogP contribution in [0.1, 0.15) is 66.2 Å². The Morgan fingerprint density at radius 2 is 1.32 bits per heavy atom. The molecule has 0 saturated heterocycles. The van der Waals surface area contributed by atoms with Crippen molar-refractivity contribution in [2.45, 2.75) is 66.2 Å². The van der Waals surface area contributed by atoms with E-state index in [0.29, 0.717) is 6.61 Å². The van der Waals surface area contributed by atoms with Gasteiger partial charge in [0, 0.05) is 6.95 Å². The fourth-order valence-electron chi connectivity index (χ4n) is 3.23. The van der Waals surface area contributed by atoms with Crippen molar-refractivity contribution in [3.05, 3.63) is 24.3 Å². The molecule has 1 rings (SSSR count). The van der Waals surface area contributed by atoms with Gasteiger partial charge in [0.05, 0.1) is 25.1 Å². The summed E-state index contributed by atoms with van der Waals surface area (Å²) in [5.74, 6) is 0.927. The van der Waals surface area contributed by atoms with E-state index in [2.05, 4.69) is 45.0 Å². The summed E-state index contributed by atoms with van der Waals surface area (Å²) in [4.78, 5) is -1.94. The Hall–Kier alpha value is 0.450. The van der Waals surface area contributed by atoms with Gasteiger partial charge in [-0.2, -0.15) is 0 Å². The highest BCUT2D eigenvalue weighted by atomic mass is 33.1. The Labute approximate surface area is 167 Å². The van der Waals surface area contributed by atoms with Crippen molar-refractivity contribution in [2.75, 3.05) is 25.1 Å². The van der Waals surface area contributed by atoms with E-state index in [-0.39, 0.29) is 0 Å². The molecule has 1 aromatic carbocycles. The number of rotatable bonds is 13. The van der Waals surface area contributed by atoms with E-state index in [4.69, 9.17) is 28.8 Å². The molecule has 0 aliphatic carbocycles. The third kappa shape index (κ3) is 6.53. The SMILES string of the molecule is CCCC[P+](CCCC)(CCCC)P(=S)([S-])c1ccc(OCC)cc1. The summed E-state index contributed by atoms with van der Waals surface area (Å²) >= 11 is 12.7. The summed E-state index contributed by atoms with van der Waals surface area (Å²) in [6, 6.07) is 8.50. The van der Waals surface area contributed by atoms with E-state index in [1.165, 1.54) is 62.3 Å². The molecule has 25 heavy (non-hydrogen) atoms. The van der Waals surface area contributed by atoms with Gasteiger partial charge >= 0.3 is 0 Å². The molecule has 0 N–H and O–H groups in total. The average molecular weight is 419 g/mol. The maximum absolute atomic E-state index is 6.33. The van der Waals surface area contributed by atoms with Crippen LogP contribution in [0.5, 0.6) is 5.75 Å². The minimum Gasteiger partial charge on any atom is -0.702 e. The molecule has 1 aromatic rings. The van der Waals surface area contributed by atoms with Crippen molar-refractivity contribution < 1.29 is 4.74 Å². The van der Waals surface area contributed by atoms with Crippen molar-refractivity contribution in [3.63, 3.8) is 0 Å². The van der Waals surface area contributed by atoms with Gasteiger partial charge in [0.1, 0.15) is 5.75 Å². The molecule has 0 aliphatic heterocycles. The highest BCUT2D eigenvalue weighted by Gasteiger charge is 2.42. The summed E-state index contributed by atoms with van der Waals surface area (Å²) in [6.07, 6.45) is 11.5. The van der Waals surface area contributed by atoms with Crippen LogP contribution in [-0.4, -0.2) is 25.1 Å². The fourth-order valence-corrected chi connectivity index (χ4v) is 19.1. The molecule has 5 heteroatoms. The molecule has 0 saturated carbocycles. The highest BCUT2D eigenvalue weighted by molar-refractivity contribution is 8.85. The number of ether oxygens (including phenoxy) is 1. The lowest BCUT2D eigenvalue weighted by atomic mass is 10.3. The van der Waals surface area contributed by atoms with E-state index < -0.39 is 11.9 Å². The van der Waals surface area contributed by atoms with E-state index in [1.807, 2.05) is 6.92 Å². The Balaban J connectivity index is 3.23. The lowest BCUT2D eigenvalue weighted by Gasteiger charge is -2.43. The standard InChI is InChI=1S/C20H36OP2S2/c1-5-9-16-22(17-10-6-2,18-11-7-3)23(24,25)20-14-12-19(13-15-20)21-8-4/h12-15H,5-11,16-18H2,1-4H3. The summed E-state index contributed by atoms with van der Waals surface area (Å²) in [7, 11) is 0. The van der Waals surface area contributed by atoms with Crippen molar-refractivity contribution in [3.8, 4) is 5.75 Å². The van der Waals surface area contributed by atoms with Crippen LogP contribution in [0.3, 0.4) is 0 Å². The molecule has 0 aromatic heterocycles. The average Bonchev–Trinajstić information content (AvgIpc) is 2.62. The fraction of sp³-hybridized carbons (Fsp3) is 0.700. The van der Waals surface area contributed by atoms with Gasteiger partial charge in [-0.15, -0.1) is 0 Å². The third-order valence-corrected chi connectivity index (χ3v) is 23.7.